The van der Waals surface area contributed by atoms with Gasteiger partial charge in [0.15, 0.2) is 11.5 Å². The van der Waals surface area contributed by atoms with Gasteiger partial charge in [-0.25, -0.2) is 0 Å². The molecule has 9 heteroatoms. The molecule has 0 fully saturated rings. The van der Waals surface area contributed by atoms with Crippen molar-refractivity contribution in [3.8, 4) is 11.5 Å². The van der Waals surface area contributed by atoms with E-state index in [4.69, 9.17) is 9.47 Å². The lowest BCUT2D eigenvalue weighted by Gasteiger charge is -2.11. The van der Waals surface area contributed by atoms with Crippen molar-refractivity contribution in [2.45, 2.75) is 13.5 Å². The highest BCUT2D eigenvalue weighted by Crippen LogP contribution is 2.28. The summed E-state index contributed by atoms with van der Waals surface area (Å²) in [5, 5.41) is 13.3. The fourth-order valence-corrected chi connectivity index (χ4v) is 3.12. The monoisotopic (exact) mass is 412 g/mol. The first-order valence-corrected chi connectivity index (χ1v) is 9.70. The number of benzene rings is 2. The van der Waals surface area contributed by atoms with Gasteiger partial charge in [-0.2, -0.15) is 0 Å². The number of ether oxygens (including phenoxy) is 2. The smallest absolute Gasteiger partial charge is 0.286 e. The van der Waals surface area contributed by atoms with Crippen LogP contribution in [0, 0.1) is 0 Å². The number of carbonyl (C=O) groups excluding carboxylic acids is 2. The van der Waals surface area contributed by atoms with E-state index >= 15 is 0 Å². The van der Waals surface area contributed by atoms with Gasteiger partial charge >= 0.3 is 0 Å². The molecular weight excluding hydrogens is 392 g/mol. The van der Waals surface area contributed by atoms with Crippen molar-refractivity contribution < 1.29 is 19.1 Å². The Bertz CT molecular complexity index is 991. The second-order valence-electron chi connectivity index (χ2n) is 5.83. The Balaban J connectivity index is 1.60. The zero-order valence-electron chi connectivity index (χ0n) is 16.0. The molecule has 29 heavy (non-hydrogen) atoms. The fourth-order valence-electron chi connectivity index (χ4n) is 2.47. The van der Waals surface area contributed by atoms with E-state index in [-0.39, 0.29) is 16.6 Å². The van der Waals surface area contributed by atoms with Crippen molar-refractivity contribution in [2.24, 2.45) is 0 Å². The van der Waals surface area contributed by atoms with Gasteiger partial charge in [0.2, 0.25) is 10.0 Å². The number of anilines is 1. The average molecular weight is 412 g/mol. The summed E-state index contributed by atoms with van der Waals surface area (Å²) >= 11 is 0.929. The molecule has 1 heterocycles. The van der Waals surface area contributed by atoms with Gasteiger partial charge in [-0.15, -0.1) is 10.2 Å². The first-order valence-electron chi connectivity index (χ1n) is 8.88. The maximum Gasteiger partial charge on any atom is 0.286 e. The number of rotatable bonds is 8. The standard InChI is InChI=1S/C20H20N4O4S/c1-3-28-15-10-9-13(11-16(15)27-2)12-21-17(25)19-23-24-20(29-19)18(26)22-14-7-5-4-6-8-14/h4-11H,3,12H2,1-2H3,(H,21,25)(H,22,26). The third kappa shape index (κ3) is 5.29. The lowest BCUT2D eigenvalue weighted by Crippen LogP contribution is -2.22. The largest absolute Gasteiger partial charge is 0.493 e. The van der Waals surface area contributed by atoms with Crippen LogP contribution in [0.15, 0.2) is 48.5 Å². The molecule has 2 N–H and O–H groups in total. The van der Waals surface area contributed by atoms with Gasteiger partial charge in [-0.3, -0.25) is 9.59 Å². The van der Waals surface area contributed by atoms with E-state index in [0.29, 0.717) is 23.8 Å². The maximum absolute atomic E-state index is 12.3. The Labute approximate surface area is 171 Å². The Morgan fingerprint density at radius 2 is 1.72 bits per heavy atom. The molecule has 8 nitrogen and oxygen atoms in total. The number of methoxy groups -OCH3 is 1. The molecule has 0 atom stereocenters. The molecule has 0 bridgehead atoms. The van der Waals surface area contributed by atoms with Crippen LogP contribution in [0.2, 0.25) is 0 Å². The minimum atomic E-state index is -0.413. The normalized spacial score (nSPS) is 10.3. The predicted molar refractivity (Wildman–Crippen MR) is 110 cm³/mol. The number of hydrogen-bond donors (Lipinski definition) is 2. The minimum absolute atomic E-state index is 0.112. The molecule has 0 unspecified atom stereocenters. The molecular formula is C20H20N4O4S. The number of nitrogens with one attached hydrogen (secondary N) is 2. The van der Waals surface area contributed by atoms with Crippen LogP contribution in [0.4, 0.5) is 5.69 Å². The lowest BCUT2D eigenvalue weighted by atomic mass is 10.2. The van der Waals surface area contributed by atoms with Crippen LogP contribution < -0.4 is 20.1 Å². The molecule has 1 aromatic heterocycles. The van der Waals surface area contributed by atoms with E-state index in [9.17, 15) is 9.59 Å². The summed E-state index contributed by atoms with van der Waals surface area (Å²) in [6, 6.07) is 14.4. The SMILES string of the molecule is CCOc1ccc(CNC(=O)c2nnc(C(=O)Nc3ccccc3)s2)cc1OC. The van der Waals surface area contributed by atoms with Crippen LogP contribution in [0.5, 0.6) is 11.5 Å². The van der Waals surface area contributed by atoms with Crippen molar-refractivity contribution in [3.63, 3.8) is 0 Å². The number of hydrogen-bond acceptors (Lipinski definition) is 7. The molecule has 2 aromatic carbocycles. The Morgan fingerprint density at radius 3 is 2.41 bits per heavy atom. The molecule has 0 saturated heterocycles. The van der Waals surface area contributed by atoms with Crippen molar-refractivity contribution in [1.29, 1.82) is 0 Å². The van der Waals surface area contributed by atoms with Gasteiger partial charge in [0.25, 0.3) is 11.8 Å². The van der Waals surface area contributed by atoms with Gasteiger partial charge in [0.1, 0.15) is 0 Å². The number of amides is 2. The Hall–Kier alpha value is -3.46. The second-order valence-corrected chi connectivity index (χ2v) is 6.81. The van der Waals surface area contributed by atoms with Gasteiger partial charge in [0.05, 0.1) is 13.7 Å². The summed E-state index contributed by atoms with van der Waals surface area (Å²) < 4.78 is 10.8. The molecule has 0 aliphatic carbocycles. The van der Waals surface area contributed by atoms with Gasteiger partial charge in [-0.1, -0.05) is 35.6 Å². The number of aromatic nitrogens is 2. The third-order valence-electron chi connectivity index (χ3n) is 3.83. The van der Waals surface area contributed by atoms with E-state index in [0.717, 1.165) is 16.9 Å². The zero-order chi connectivity index (χ0) is 20.6. The Kier molecular flexibility index (Phi) is 6.75. The summed E-state index contributed by atoms with van der Waals surface area (Å²) in [4.78, 5) is 24.6. The molecule has 2 amide bonds. The van der Waals surface area contributed by atoms with E-state index in [1.54, 1.807) is 31.4 Å². The summed E-state index contributed by atoms with van der Waals surface area (Å²) in [5.41, 5.74) is 1.48. The molecule has 3 aromatic rings. The summed E-state index contributed by atoms with van der Waals surface area (Å²) in [6.07, 6.45) is 0. The molecule has 0 radical (unpaired) electrons. The Morgan fingerprint density at radius 1 is 1.00 bits per heavy atom. The van der Waals surface area contributed by atoms with Crippen LogP contribution in [0.1, 0.15) is 32.1 Å². The van der Waals surface area contributed by atoms with Crippen LogP contribution >= 0.6 is 11.3 Å². The van der Waals surface area contributed by atoms with Crippen molar-refractivity contribution in [1.82, 2.24) is 15.5 Å². The molecule has 150 valence electrons. The van der Waals surface area contributed by atoms with E-state index in [2.05, 4.69) is 20.8 Å². The van der Waals surface area contributed by atoms with Crippen molar-refractivity contribution >= 4 is 28.8 Å². The number of nitrogens with zero attached hydrogens (tertiary/aromatic N) is 2. The topological polar surface area (TPSA) is 102 Å². The van der Waals surface area contributed by atoms with Gasteiger partial charge in [0, 0.05) is 12.2 Å². The first-order chi connectivity index (χ1) is 14.1. The highest BCUT2D eigenvalue weighted by molar-refractivity contribution is 7.15. The highest BCUT2D eigenvalue weighted by Gasteiger charge is 2.17. The molecule has 3 rings (SSSR count). The molecule has 0 saturated carbocycles. The van der Waals surface area contributed by atoms with Crippen LogP contribution in [-0.4, -0.2) is 35.7 Å². The summed E-state index contributed by atoms with van der Waals surface area (Å²) in [5.74, 6) is 0.413. The summed E-state index contributed by atoms with van der Waals surface area (Å²) in [7, 11) is 1.56. The predicted octanol–water partition coefficient (Wildman–Crippen LogP) is 3.13. The van der Waals surface area contributed by atoms with E-state index in [1.165, 1.54) is 0 Å². The van der Waals surface area contributed by atoms with Crippen LogP contribution in [-0.2, 0) is 6.54 Å². The van der Waals surface area contributed by atoms with E-state index < -0.39 is 11.8 Å². The lowest BCUT2D eigenvalue weighted by molar-refractivity contribution is 0.0948. The van der Waals surface area contributed by atoms with Crippen LogP contribution in [0.25, 0.3) is 0 Å². The minimum Gasteiger partial charge on any atom is -0.493 e. The van der Waals surface area contributed by atoms with E-state index in [1.807, 2.05) is 31.2 Å². The number of para-hydroxylation sites is 1. The molecule has 0 aliphatic rings. The van der Waals surface area contributed by atoms with Crippen molar-refractivity contribution in [2.75, 3.05) is 19.0 Å². The number of carbonyl (C=O) groups is 2. The van der Waals surface area contributed by atoms with Gasteiger partial charge < -0.3 is 20.1 Å². The molecule has 0 spiro atoms. The summed E-state index contributed by atoms with van der Waals surface area (Å²) in [6.45, 7) is 2.69. The quantitative estimate of drug-likeness (QED) is 0.589. The van der Waals surface area contributed by atoms with Crippen molar-refractivity contribution in [3.05, 3.63) is 64.1 Å². The maximum atomic E-state index is 12.3. The van der Waals surface area contributed by atoms with Crippen LogP contribution in [0.3, 0.4) is 0 Å². The molecule has 0 aliphatic heterocycles. The first kappa shape index (κ1) is 20.3. The zero-order valence-corrected chi connectivity index (χ0v) is 16.8. The third-order valence-corrected chi connectivity index (χ3v) is 4.75. The highest BCUT2D eigenvalue weighted by atomic mass is 32.1. The fraction of sp³-hybridized carbons (Fsp3) is 0.200. The second kappa shape index (κ2) is 9.65. The average Bonchev–Trinajstić information content (AvgIpc) is 3.24. The van der Waals surface area contributed by atoms with Gasteiger partial charge in [-0.05, 0) is 36.8 Å².